The molecular weight excluding hydrogens is 260 g/mol. The number of para-hydroxylation sites is 1. The zero-order valence-corrected chi connectivity index (χ0v) is 11.7. The van der Waals surface area contributed by atoms with Gasteiger partial charge in [0.15, 0.2) is 0 Å². The largest absolute Gasteiger partial charge is 0.394 e. The van der Waals surface area contributed by atoms with Crippen molar-refractivity contribution in [3.63, 3.8) is 0 Å². The number of anilines is 1. The molecule has 2 aromatic rings. The minimum Gasteiger partial charge on any atom is -0.394 e. The van der Waals surface area contributed by atoms with Crippen molar-refractivity contribution in [3.05, 3.63) is 36.2 Å². The van der Waals surface area contributed by atoms with Gasteiger partial charge in [-0.1, -0.05) is 24.3 Å². The van der Waals surface area contributed by atoms with Crippen LogP contribution in [0.1, 0.15) is 12.6 Å². The minimum atomic E-state index is 0.0756. The second-order valence-electron chi connectivity index (χ2n) is 3.98. The van der Waals surface area contributed by atoms with Crippen molar-refractivity contribution >= 4 is 17.4 Å². The summed E-state index contributed by atoms with van der Waals surface area (Å²) in [6, 6.07) is 8.24. The highest BCUT2D eigenvalue weighted by Crippen LogP contribution is 2.26. The summed E-state index contributed by atoms with van der Waals surface area (Å²) in [6.07, 6.45) is 1.85. The third-order valence-electron chi connectivity index (χ3n) is 2.56. The van der Waals surface area contributed by atoms with Crippen LogP contribution in [0.4, 0.5) is 5.69 Å². The predicted molar refractivity (Wildman–Crippen MR) is 77.3 cm³/mol. The van der Waals surface area contributed by atoms with Crippen LogP contribution >= 0.6 is 11.8 Å². The number of rotatable bonds is 7. The van der Waals surface area contributed by atoms with E-state index in [0.29, 0.717) is 13.1 Å². The molecule has 0 atom stereocenters. The van der Waals surface area contributed by atoms with Gasteiger partial charge in [-0.25, -0.2) is 4.68 Å². The smallest absolute Gasteiger partial charge is 0.102 e. The Hall–Kier alpha value is -1.53. The number of nitrogens with one attached hydrogen (secondary N) is 1. The van der Waals surface area contributed by atoms with Gasteiger partial charge in [-0.2, -0.15) is 0 Å². The Labute approximate surface area is 117 Å². The molecule has 2 N–H and O–H groups in total. The van der Waals surface area contributed by atoms with E-state index in [1.165, 1.54) is 4.90 Å². The van der Waals surface area contributed by atoms with E-state index in [1.807, 2.05) is 30.1 Å². The van der Waals surface area contributed by atoms with Gasteiger partial charge in [-0.15, -0.1) is 16.9 Å². The SMILES string of the molecule is CCSc1ccccc1NCc1cn(CCO)nn1. The fourth-order valence-electron chi connectivity index (χ4n) is 1.71. The Morgan fingerprint density at radius 1 is 1.37 bits per heavy atom. The molecule has 1 aromatic carbocycles. The van der Waals surface area contributed by atoms with Gasteiger partial charge in [0, 0.05) is 10.6 Å². The van der Waals surface area contributed by atoms with Crippen molar-refractivity contribution in [3.8, 4) is 0 Å². The molecule has 0 saturated heterocycles. The summed E-state index contributed by atoms with van der Waals surface area (Å²) in [5, 5.41) is 20.2. The number of aliphatic hydroxyl groups excluding tert-OH is 1. The third-order valence-corrected chi connectivity index (χ3v) is 3.52. The van der Waals surface area contributed by atoms with E-state index in [1.54, 1.807) is 4.68 Å². The van der Waals surface area contributed by atoms with Crippen LogP contribution in [0, 0.1) is 0 Å². The van der Waals surface area contributed by atoms with Gasteiger partial charge in [0.05, 0.1) is 25.9 Å². The van der Waals surface area contributed by atoms with E-state index in [2.05, 4.69) is 34.7 Å². The van der Waals surface area contributed by atoms with Gasteiger partial charge in [-0.3, -0.25) is 0 Å². The molecule has 19 heavy (non-hydrogen) atoms. The summed E-state index contributed by atoms with van der Waals surface area (Å²) >= 11 is 1.81. The van der Waals surface area contributed by atoms with E-state index in [0.717, 1.165) is 17.1 Å². The van der Waals surface area contributed by atoms with Gasteiger partial charge >= 0.3 is 0 Å². The van der Waals surface area contributed by atoms with Crippen LogP contribution in [-0.2, 0) is 13.1 Å². The lowest BCUT2D eigenvalue weighted by molar-refractivity contribution is 0.268. The number of aromatic nitrogens is 3. The number of hydrogen-bond acceptors (Lipinski definition) is 5. The van der Waals surface area contributed by atoms with E-state index < -0.39 is 0 Å². The van der Waals surface area contributed by atoms with Crippen LogP contribution in [0.15, 0.2) is 35.4 Å². The molecule has 6 heteroatoms. The van der Waals surface area contributed by atoms with Gasteiger partial charge in [-0.05, 0) is 17.9 Å². The first-order chi connectivity index (χ1) is 9.33. The summed E-state index contributed by atoms with van der Waals surface area (Å²) in [5.41, 5.74) is 1.98. The Bertz CT molecular complexity index is 515. The highest BCUT2D eigenvalue weighted by atomic mass is 32.2. The molecule has 0 spiro atoms. The molecule has 5 nitrogen and oxygen atoms in total. The van der Waals surface area contributed by atoms with E-state index in [-0.39, 0.29) is 6.61 Å². The summed E-state index contributed by atoms with van der Waals surface area (Å²) in [6.45, 7) is 3.33. The summed E-state index contributed by atoms with van der Waals surface area (Å²) in [7, 11) is 0. The standard InChI is InChI=1S/C13H18N4OS/c1-2-19-13-6-4-3-5-12(13)14-9-11-10-17(7-8-18)16-15-11/h3-6,10,14,18H,2,7-9H2,1H3. The molecule has 0 aliphatic rings. The van der Waals surface area contributed by atoms with Gasteiger partial charge in [0.2, 0.25) is 0 Å². The van der Waals surface area contributed by atoms with Crippen molar-refractivity contribution in [2.45, 2.75) is 24.9 Å². The molecule has 102 valence electrons. The Kier molecular flexibility index (Phi) is 5.23. The highest BCUT2D eigenvalue weighted by Gasteiger charge is 2.03. The number of benzene rings is 1. The number of nitrogens with zero attached hydrogens (tertiary/aromatic N) is 3. The average Bonchev–Trinajstić information content (AvgIpc) is 2.86. The molecule has 0 unspecified atom stereocenters. The van der Waals surface area contributed by atoms with Crippen LogP contribution in [0.25, 0.3) is 0 Å². The van der Waals surface area contributed by atoms with Gasteiger partial charge in [0.25, 0.3) is 0 Å². The van der Waals surface area contributed by atoms with Crippen molar-refractivity contribution in [2.75, 3.05) is 17.7 Å². The molecule has 0 amide bonds. The lowest BCUT2D eigenvalue weighted by Gasteiger charge is -2.09. The number of aliphatic hydroxyl groups is 1. The molecular formula is C13H18N4OS. The lowest BCUT2D eigenvalue weighted by Crippen LogP contribution is -2.02. The van der Waals surface area contributed by atoms with Crippen LogP contribution in [0.3, 0.4) is 0 Å². The van der Waals surface area contributed by atoms with Crippen molar-refractivity contribution in [2.24, 2.45) is 0 Å². The minimum absolute atomic E-state index is 0.0756. The topological polar surface area (TPSA) is 63.0 Å². The Morgan fingerprint density at radius 2 is 2.21 bits per heavy atom. The first-order valence-electron chi connectivity index (χ1n) is 6.29. The van der Waals surface area contributed by atoms with E-state index >= 15 is 0 Å². The zero-order valence-electron chi connectivity index (χ0n) is 10.9. The molecule has 0 aliphatic heterocycles. The van der Waals surface area contributed by atoms with E-state index in [9.17, 15) is 0 Å². The molecule has 0 bridgehead atoms. The fourth-order valence-corrected chi connectivity index (χ4v) is 2.49. The van der Waals surface area contributed by atoms with Crippen LogP contribution < -0.4 is 5.32 Å². The summed E-state index contributed by atoms with van der Waals surface area (Å²) in [5.74, 6) is 1.05. The first kappa shape index (κ1) is 13.9. The molecule has 0 saturated carbocycles. The maximum atomic E-state index is 8.83. The van der Waals surface area contributed by atoms with Gasteiger partial charge < -0.3 is 10.4 Å². The molecule has 0 aliphatic carbocycles. The Morgan fingerprint density at radius 3 is 3.00 bits per heavy atom. The van der Waals surface area contributed by atoms with Crippen LogP contribution in [0.5, 0.6) is 0 Å². The van der Waals surface area contributed by atoms with Crippen molar-refractivity contribution < 1.29 is 5.11 Å². The number of thioether (sulfide) groups is 1. The summed E-state index contributed by atoms with van der Waals surface area (Å²) < 4.78 is 1.64. The van der Waals surface area contributed by atoms with E-state index in [4.69, 9.17) is 5.11 Å². The van der Waals surface area contributed by atoms with Crippen molar-refractivity contribution in [1.29, 1.82) is 0 Å². The second kappa shape index (κ2) is 7.16. The van der Waals surface area contributed by atoms with Crippen LogP contribution in [0.2, 0.25) is 0 Å². The number of hydrogen-bond donors (Lipinski definition) is 2. The lowest BCUT2D eigenvalue weighted by atomic mass is 10.3. The third kappa shape index (κ3) is 3.97. The predicted octanol–water partition coefficient (Wildman–Crippen LogP) is 1.99. The van der Waals surface area contributed by atoms with Gasteiger partial charge in [0.1, 0.15) is 5.69 Å². The molecule has 2 rings (SSSR count). The monoisotopic (exact) mass is 278 g/mol. The molecule has 1 heterocycles. The van der Waals surface area contributed by atoms with Crippen molar-refractivity contribution in [1.82, 2.24) is 15.0 Å². The first-order valence-corrected chi connectivity index (χ1v) is 7.27. The maximum Gasteiger partial charge on any atom is 0.102 e. The molecule has 0 radical (unpaired) electrons. The second-order valence-corrected chi connectivity index (χ2v) is 5.29. The van der Waals surface area contributed by atoms with Crippen LogP contribution in [-0.4, -0.2) is 32.5 Å². The maximum absolute atomic E-state index is 8.83. The summed E-state index contributed by atoms with van der Waals surface area (Å²) in [4.78, 5) is 1.24. The Balaban J connectivity index is 1.97. The fraction of sp³-hybridized carbons (Fsp3) is 0.385. The quantitative estimate of drug-likeness (QED) is 0.758. The molecule has 1 aromatic heterocycles. The molecule has 0 fully saturated rings. The zero-order chi connectivity index (χ0) is 13.5. The highest BCUT2D eigenvalue weighted by molar-refractivity contribution is 7.99. The normalized spacial score (nSPS) is 10.6. The average molecular weight is 278 g/mol.